The Balaban J connectivity index is 1.98. The second-order valence-electron chi connectivity index (χ2n) is 8.65. The van der Waals surface area contributed by atoms with Gasteiger partial charge < -0.3 is 29.2 Å². The molecule has 3 aliphatic heterocycles. The molecule has 9 nitrogen and oxygen atoms in total. The molecule has 0 aromatic carbocycles. The van der Waals surface area contributed by atoms with E-state index in [1.807, 2.05) is 6.92 Å². The predicted molar refractivity (Wildman–Crippen MR) is 106 cm³/mol. The van der Waals surface area contributed by atoms with Gasteiger partial charge in [0.1, 0.15) is 18.3 Å². The summed E-state index contributed by atoms with van der Waals surface area (Å²) in [6, 6.07) is 0. The first-order valence-corrected chi connectivity index (χ1v) is 10.5. The van der Waals surface area contributed by atoms with E-state index in [4.69, 9.17) is 18.9 Å². The number of allylic oxidation sites excluding steroid dienone is 1. The van der Waals surface area contributed by atoms with Crippen LogP contribution in [-0.4, -0.2) is 71.4 Å². The van der Waals surface area contributed by atoms with Crippen molar-refractivity contribution in [1.82, 2.24) is 0 Å². The molecule has 3 saturated heterocycles. The molecule has 0 amide bonds. The summed E-state index contributed by atoms with van der Waals surface area (Å²) in [6.45, 7) is 8.03. The maximum atomic E-state index is 12.6. The molecule has 3 fully saturated rings. The van der Waals surface area contributed by atoms with Crippen molar-refractivity contribution in [3.8, 4) is 0 Å². The number of rotatable bonds is 5. The molecule has 3 rings (SSSR count). The molecule has 0 spiro atoms. The number of esters is 3. The molecule has 0 aliphatic carbocycles. The van der Waals surface area contributed by atoms with E-state index in [0.717, 1.165) is 0 Å². The fourth-order valence-electron chi connectivity index (χ4n) is 4.71. The van der Waals surface area contributed by atoms with E-state index in [9.17, 15) is 24.6 Å². The Morgan fingerprint density at radius 2 is 2.06 bits per heavy atom. The molecule has 0 unspecified atom stereocenters. The quantitative estimate of drug-likeness (QED) is 0.364. The van der Waals surface area contributed by atoms with Gasteiger partial charge in [-0.3, -0.25) is 4.79 Å². The Kier molecular flexibility index (Phi) is 6.88. The van der Waals surface area contributed by atoms with Gasteiger partial charge in [-0.05, 0) is 26.7 Å². The SMILES string of the molecule is C=C1C(=O)O[C@@H]2[C@@H]3O[C@](C)(CC[C@H](O)[C@@H]3COC(C)=O)C[C@@H](OC(=O)/C(=C\C)CO)[C@@H]12. The molecule has 2 bridgehead atoms. The Hall–Kier alpha value is -2.23. The van der Waals surface area contributed by atoms with E-state index in [1.54, 1.807) is 6.92 Å². The monoisotopic (exact) mass is 438 g/mol. The van der Waals surface area contributed by atoms with Gasteiger partial charge >= 0.3 is 17.9 Å². The normalized spacial score (nSPS) is 37.9. The first kappa shape index (κ1) is 23.4. The van der Waals surface area contributed by atoms with Crippen molar-refractivity contribution < 1.29 is 43.5 Å². The molecule has 0 aromatic rings. The van der Waals surface area contributed by atoms with E-state index >= 15 is 0 Å². The lowest BCUT2D eigenvalue weighted by atomic mass is 9.78. The maximum Gasteiger partial charge on any atom is 0.336 e. The van der Waals surface area contributed by atoms with Crippen LogP contribution < -0.4 is 0 Å². The smallest absolute Gasteiger partial charge is 0.336 e. The van der Waals surface area contributed by atoms with Crippen molar-refractivity contribution >= 4 is 17.9 Å². The van der Waals surface area contributed by atoms with Gasteiger partial charge in [-0.1, -0.05) is 12.7 Å². The van der Waals surface area contributed by atoms with Crippen molar-refractivity contribution in [2.24, 2.45) is 11.8 Å². The number of aliphatic hydroxyl groups is 2. The van der Waals surface area contributed by atoms with Crippen LogP contribution >= 0.6 is 0 Å². The number of carbonyl (C=O) groups excluding carboxylic acids is 3. The van der Waals surface area contributed by atoms with Crippen molar-refractivity contribution in [3.63, 3.8) is 0 Å². The Morgan fingerprint density at radius 1 is 1.35 bits per heavy atom. The lowest BCUT2D eigenvalue weighted by Gasteiger charge is -2.34. The number of hydrogen-bond acceptors (Lipinski definition) is 9. The number of carbonyl (C=O) groups is 3. The van der Waals surface area contributed by atoms with Gasteiger partial charge in [-0.2, -0.15) is 0 Å². The van der Waals surface area contributed by atoms with Crippen molar-refractivity contribution in [2.45, 2.75) is 70.1 Å². The number of hydrogen-bond donors (Lipinski definition) is 2. The molecular formula is C22H30O9. The van der Waals surface area contributed by atoms with Crippen LogP contribution in [0.25, 0.3) is 0 Å². The highest BCUT2D eigenvalue weighted by molar-refractivity contribution is 5.92. The Bertz CT molecular complexity index is 788. The van der Waals surface area contributed by atoms with Gasteiger partial charge in [-0.15, -0.1) is 0 Å². The second-order valence-corrected chi connectivity index (χ2v) is 8.65. The van der Waals surface area contributed by atoms with Gasteiger partial charge in [0.15, 0.2) is 0 Å². The van der Waals surface area contributed by atoms with E-state index in [0.29, 0.717) is 12.8 Å². The Morgan fingerprint density at radius 3 is 2.68 bits per heavy atom. The summed E-state index contributed by atoms with van der Waals surface area (Å²) in [5.41, 5.74) is -0.521. The molecular weight excluding hydrogens is 408 g/mol. The summed E-state index contributed by atoms with van der Waals surface area (Å²) in [4.78, 5) is 36.4. The third-order valence-electron chi connectivity index (χ3n) is 6.44. The van der Waals surface area contributed by atoms with Crippen molar-refractivity contribution in [1.29, 1.82) is 0 Å². The highest BCUT2D eigenvalue weighted by Gasteiger charge is 2.58. The molecule has 31 heavy (non-hydrogen) atoms. The Labute approximate surface area is 181 Å². The zero-order valence-electron chi connectivity index (χ0n) is 18.0. The predicted octanol–water partition coefficient (Wildman–Crippen LogP) is 0.816. The fourth-order valence-corrected chi connectivity index (χ4v) is 4.71. The number of fused-ring (bicyclic) bond motifs is 4. The molecule has 0 aromatic heterocycles. The minimum atomic E-state index is -0.865. The summed E-state index contributed by atoms with van der Waals surface area (Å²) in [5.74, 6) is -3.12. The first-order valence-electron chi connectivity index (χ1n) is 10.5. The number of aliphatic hydroxyl groups excluding tert-OH is 2. The molecule has 0 radical (unpaired) electrons. The standard InChI is InChI=1S/C22H30O9/c1-5-13(9-23)21(27)29-16-8-22(4)7-6-15(25)14(10-28-12(3)24)18(31-22)19-17(16)11(2)20(26)30-19/h5,14-19,23,25H,2,6-10H2,1,3-4H3/b13-5-/t14-,15-,16+,17+,18+,19-,22+/m0/s1. The molecule has 2 N–H and O–H groups in total. The lowest BCUT2D eigenvalue weighted by Crippen LogP contribution is -2.47. The van der Waals surface area contributed by atoms with E-state index in [1.165, 1.54) is 13.0 Å². The summed E-state index contributed by atoms with van der Waals surface area (Å²) in [5, 5.41) is 20.2. The van der Waals surface area contributed by atoms with E-state index in [2.05, 4.69) is 6.58 Å². The van der Waals surface area contributed by atoms with Crippen LogP contribution in [0.3, 0.4) is 0 Å². The third-order valence-corrected chi connectivity index (χ3v) is 6.44. The minimum absolute atomic E-state index is 0.0951. The number of ether oxygens (including phenoxy) is 4. The average Bonchev–Trinajstić information content (AvgIpc) is 2.85. The summed E-state index contributed by atoms with van der Waals surface area (Å²) in [6.07, 6.45) is -0.696. The molecule has 3 aliphatic rings. The summed E-state index contributed by atoms with van der Waals surface area (Å²) >= 11 is 0. The second kappa shape index (κ2) is 9.10. The van der Waals surface area contributed by atoms with Crippen LogP contribution in [0.5, 0.6) is 0 Å². The van der Waals surface area contributed by atoms with Gasteiger partial charge in [-0.25, -0.2) is 9.59 Å². The third kappa shape index (κ3) is 4.68. The van der Waals surface area contributed by atoms with Crippen LogP contribution in [0, 0.1) is 11.8 Å². The van der Waals surface area contributed by atoms with Crippen molar-refractivity contribution in [2.75, 3.05) is 13.2 Å². The van der Waals surface area contributed by atoms with Crippen LogP contribution in [0.1, 0.15) is 40.0 Å². The highest BCUT2D eigenvalue weighted by Crippen LogP contribution is 2.47. The summed E-state index contributed by atoms with van der Waals surface area (Å²) in [7, 11) is 0. The van der Waals surface area contributed by atoms with E-state index in [-0.39, 0.29) is 24.2 Å². The van der Waals surface area contributed by atoms with Crippen LogP contribution in [0.15, 0.2) is 23.8 Å². The average molecular weight is 438 g/mol. The largest absolute Gasteiger partial charge is 0.465 e. The molecule has 9 heteroatoms. The zero-order chi connectivity index (χ0) is 22.9. The topological polar surface area (TPSA) is 129 Å². The van der Waals surface area contributed by atoms with Crippen LogP contribution in [-0.2, 0) is 33.3 Å². The van der Waals surface area contributed by atoms with Gasteiger partial charge in [0.25, 0.3) is 0 Å². The molecule has 7 atom stereocenters. The van der Waals surface area contributed by atoms with Crippen LogP contribution in [0.2, 0.25) is 0 Å². The van der Waals surface area contributed by atoms with E-state index < -0.39 is 66.4 Å². The maximum absolute atomic E-state index is 12.6. The van der Waals surface area contributed by atoms with Gasteiger partial charge in [0.05, 0.1) is 36.4 Å². The van der Waals surface area contributed by atoms with Gasteiger partial charge in [0, 0.05) is 24.8 Å². The minimum Gasteiger partial charge on any atom is -0.465 e. The van der Waals surface area contributed by atoms with Gasteiger partial charge in [0.2, 0.25) is 0 Å². The zero-order valence-corrected chi connectivity index (χ0v) is 18.0. The molecule has 172 valence electrons. The summed E-state index contributed by atoms with van der Waals surface area (Å²) < 4.78 is 22.9. The highest BCUT2D eigenvalue weighted by atomic mass is 16.6. The first-order chi connectivity index (χ1) is 14.6. The lowest BCUT2D eigenvalue weighted by molar-refractivity contribution is -0.173. The molecule has 0 saturated carbocycles. The van der Waals surface area contributed by atoms with Crippen molar-refractivity contribution in [3.05, 3.63) is 23.8 Å². The molecule has 3 heterocycles. The van der Waals surface area contributed by atoms with Crippen LogP contribution in [0.4, 0.5) is 0 Å². The fraction of sp³-hybridized carbons (Fsp3) is 0.682.